The molecule has 0 spiro atoms. The average molecular weight is 441 g/mol. The van der Waals surface area contributed by atoms with Gasteiger partial charge in [0.15, 0.2) is 0 Å². The summed E-state index contributed by atoms with van der Waals surface area (Å²) in [5.74, 6) is 5.36. The van der Waals surface area contributed by atoms with E-state index in [1.54, 1.807) is 6.26 Å². The molecule has 0 amide bonds. The number of hydrogen-bond acceptors (Lipinski definition) is 2. The molecule has 4 rings (SSSR count). The average Bonchev–Trinajstić information content (AvgIpc) is 3.14. The molecule has 4 saturated carbocycles. The van der Waals surface area contributed by atoms with Gasteiger partial charge >= 0.3 is 5.97 Å². The summed E-state index contributed by atoms with van der Waals surface area (Å²) >= 11 is 0. The highest BCUT2D eigenvalue weighted by molar-refractivity contribution is 5.81. The molecular weight excluding hydrogens is 392 g/mol. The van der Waals surface area contributed by atoms with Gasteiger partial charge in [-0.1, -0.05) is 46.6 Å². The van der Waals surface area contributed by atoms with Crippen molar-refractivity contribution in [2.24, 2.45) is 46.3 Å². The Hall–Kier alpha value is -1.05. The van der Waals surface area contributed by atoms with Crippen molar-refractivity contribution in [1.82, 2.24) is 0 Å². The highest BCUT2D eigenvalue weighted by Gasteiger charge is 2.59. The molecule has 0 aromatic carbocycles. The minimum absolute atomic E-state index is 0.366. The predicted molar refractivity (Wildman–Crippen MR) is 133 cm³/mol. The van der Waals surface area contributed by atoms with E-state index < -0.39 is 0 Å². The van der Waals surface area contributed by atoms with Crippen LogP contribution in [0.4, 0.5) is 0 Å². The molecule has 4 fully saturated rings. The lowest BCUT2D eigenvalue weighted by Gasteiger charge is -2.61. The number of allylic oxidation sites excluding steroid dienone is 1. The molecule has 2 nitrogen and oxygen atoms in total. The van der Waals surface area contributed by atoms with E-state index >= 15 is 0 Å². The van der Waals surface area contributed by atoms with Gasteiger partial charge in [0.05, 0.1) is 6.26 Å². The second kappa shape index (κ2) is 9.67. The van der Waals surface area contributed by atoms with Gasteiger partial charge in [-0.05, 0) is 123 Å². The first-order valence-electron chi connectivity index (χ1n) is 13.8. The molecule has 0 heterocycles. The SMILES string of the molecule is C=CC(=O)OC=C(C)CCC[C@@H](C)[C@H]1CC[C@H]2[C@@H]3CCC4CCCC[C@]4(C)[C@H]3CC[C@]12C. The van der Waals surface area contributed by atoms with Gasteiger partial charge in [-0.2, -0.15) is 0 Å². The highest BCUT2D eigenvalue weighted by Crippen LogP contribution is 2.68. The molecular formula is C30H48O2. The fourth-order valence-electron chi connectivity index (χ4n) is 9.44. The maximum absolute atomic E-state index is 11.3. The fraction of sp³-hybridized carbons (Fsp3) is 0.833. The van der Waals surface area contributed by atoms with Gasteiger partial charge in [-0.3, -0.25) is 0 Å². The Bertz CT molecular complexity index is 722. The van der Waals surface area contributed by atoms with Crippen molar-refractivity contribution in [2.45, 2.75) is 111 Å². The van der Waals surface area contributed by atoms with Crippen LogP contribution in [-0.2, 0) is 9.53 Å². The van der Waals surface area contributed by atoms with E-state index in [1.807, 2.05) is 0 Å². The zero-order chi connectivity index (χ0) is 22.9. The van der Waals surface area contributed by atoms with Crippen molar-refractivity contribution in [3.05, 3.63) is 24.5 Å². The van der Waals surface area contributed by atoms with Crippen LogP contribution in [-0.4, -0.2) is 5.97 Å². The van der Waals surface area contributed by atoms with Crippen molar-refractivity contribution < 1.29 is 9.53 Å². The molecule has 4 aliphatic carbocycles. The molecule has 180 valence electrons. The maximum Gasteiger partial charge on any atom is 0.334 e. The van der Waals surface area contributed by atoms with Crippen LogP contribution < -0.4 is 0 Å². The van der Waals surface area contributed by atoms with Crippen LogP contribution in [0.25, 0.3) is 0 Å². The van der Waals surface area contributed by atoms with E-state index in [2.05, 4.69) is 34.3 Å². The van der Waals surface area contributed by atoms with E-state index in [0.717, 1.165) is 47.5 Å². The summed E-state index contributed by atoms with van der Waals surface area (Å²) in [6.45, 7) is 13.4. The van der Waals surface area contributed by atoms with Crippen molar-refractivity contribution in [3.8, 4) is 0 Å². The number of carbonyl (C=O) groups is 1. The van der Waals surface area contributed by atoms with E-state index in [4.69, 9.17) is 4.74 Å². The minimum Gasteiger partial charge on any atom is -0.431 e. The maximum atomic E-state index is 11.3. The number of carbonyl (C=O) groups excluding carboxylic acids is 1. The second-order valence-electron chi connectivity index (χ2n) is 12.6. The van der Waals surface area contributed by atoms with Crippen molar-refractivity contribution in [3.63, 3.8) is 0 Å². The van der Waals surface area contributed by atoms with E-state index in [-0.39, 0.29) is 5.97 Å². The lowest BCUT2D eigenvalue weighted by atomic mass is 9.44. The molecule has 0 aromatic rings. The third-order valence-electron chi connectivity index (χ3n) is 11.1. The van der Waals surface area contributed by atoms with E-state index in [0.29, 0.717) is 10.8 Å². The molecule has 0 radical (unpaired) electrons. The Kier molecular flexibility index (Phi) is 7.28. The normalized spacial score (nSPS) is 42.4. The smallest absolute Gasteiger partial charge is 0.334 e. The highest BCUT2D eigenvalue weighted by atomic mass is 16.5. The monoisotopic (exact) mass is 440 g/mol. The largest absolute Gasteiger partial charge is 0.431 e. The summed E-state index contributed by atoms with van der Waals surface area (Å²) in [7, 11) is 0. The zero-order valence-electron chi connectivity index (χ0n) is 21.3. The van der Waals surface area contributed by atoms with Crippen LogP contribution >= 0.6 is 0 Å². The van der Waals surface area contributed by atoms with Crippen molar-refractivity contribution in [1.29, 1.82) is 0 Å². The molecule has 1 unspecified atom stereocenters. The predicted octanol–water partition coefficient (Wildman–Crippen LogP) is 8.47. The first-order chi connectivity index (χ1) is 15.3. The molecule has 32 heavy (non-hydrogen) atoms. The third kappa shape index (κ3) is 4.37. The molecule has 0 aliphatic heterocycles. The molecule has 0 bridgehead atoms. The van der Waals surface area contributed by atoms with Gasteiger partial charge in [-0.15, -0.1) is 0 Å². The summed E-state index contributed by atoms with van der Waals surface area (Å²) in [6, 6.07) is 0. The molecule has 4 aliphatic rings. The minimum atomic E-state index is -0.366. The van der Waals surface area contributed by atoms with Crippen LogP contribution in [0.5, 0.6) is 0 Å². The first-order valence-corrected chi connectivity index (χ1v) is 13.8. The first kappa shape index (κ1) is 24.1. The summed E-state index contributed by atoms with van der Waals surface area (Å²) < 4.78 is 5.07. The molecule has 0 N–H and O–H groups in total. The van der Waals surface area contributed by atoms with Crippen LogP contribution in [0.2, 0.25) is 0 Å². The Morgan fingerprint density at radius 1 is 1.03 bits per heavy atom. The number of rotatable bonds is 7. The second-order valence-corrected chi connectivity index (χ2v) is 12.6. The number of hydrogen-bond donors (Lipinski definition) is 0. The lowest BCUT2D eigenvalue weighted by molar-refractivity contribution is -0.132. The van der Waals surface area contributed by atoms with Crippen molar-refractivity contribution in [2.75, 3.05) is 0 Å². The van der Waals surface area contributed by atoms with Crippen LogP contribution in [0.1, 0.15) is 111 Å². The van der Waals surface area contributed by atoms with Crippen LogP contribution in [0.3, 0.4) is 0 Å². The Morgan fingerprint density at radius 2 is 1.81 bits per heavy atom. The summed E-state index contributed by atoms with van der Waals surface area (Å²) in [5, 5.41) is 0. The number of esters is 1. The van der Waals surface area contributed by atoms with Gasteiger partial charge < -0.3 is 4.74 Å². The van der Waals surface area contributed by atoms with Gasteiger partial charge in [0.2, 0.25) is 0 Å². The molecule has 8 atom stereocenters. The number of ether oxygens (including phenoxy) is 1. The molecule has 0 aromatic heterocycles. The van der Waals surface area contributed by atoms with Gasteiger partial charge in [0.25, 0.3) is 0 Å². The van der Waals surface area contributed by atoms with Crippen molar-refractivity contribution >= 4 is 5.97 Å². The summed E-state index contributed by atoms with van der Waals surface area (Å²) in [4.78, 5) is 11.3. The van der Waals surface area contributed by atoms with E-state index in [1.165, 1.54) is 83.1 Å². The summed E-state index contributed by atoms with van der Waals surface area (Å²) in [5.41, 5.74) is 2.38. The molecule has 2 heteroatoms. The topological polar surface area (TPSA) is 26.3 Å². The summed E-state index contributed by atoms with van der Waals surface area (Å²) in [6.07, 6.45) is 21.3. The van der Waals surface area contributed by atoms with Gasteiger partial charge in [-0.25, -0.2) is 4.79 Å². The zero-order valence-corrected chi connectivity index (χ0v) is 21.3. The standard InChI is InChI=1S/C30H48O2/c1-6-28(31)32-20-21(2)10-9-11-22(3)25-15-16-26-24-14-13-23-12-7-8-18-29(23,4)27(24)17-19-30(25,26)5/h6,20,22-27H,1,7-19H2,2-5H3/t22-,23?,24+,25-,26+,27+,29+,30-/m1/s1. The Balaban J connectivity index is 1.35. The quantitative estimate of drug-likeness (QED) is 0.225. The molecule has 0 saturated heterocycles. The Morgan fingerprint density at radius 3 is 2.59 bits per heavy atom. The lowest BCUT2D eigenvalue weighted by Crippen LogP contribution is -2.53. The Labute approximate surface area is 197 Å². The van der Waals surface area contributed by atoms with Gasteiger partial charge in [0.1, 0.15) is 0 Å². The fourth-order valence-corrected chi connectivity index (χ4v) is 9.44. The van der Waals surface area contributed by atoms with E-state index in [9.17, 15) is 4.79 Å². The van der Waals surface area contributed by atoms with Gasteiger partial charge in [0, 0.05) is 6.08 Å². The van der Waals surface area contributed by atoms with Crippen LogP contribution in [0.15, 0.2) is 24.5 Å². The van der Waals surface area contributed by atoms with Crippen LogP contribution in [0, 0.1) is 46.3 Å². The number of fused-ring (bicyclic) bond motifs is 5. The third-order valence-corrected chi connectivity index (χ3v) is 11.1.